The number of nitrogens with zero attached hydrogens (tertiary/aromatic N) is 4. The zero-order valence-corrected chi connectivity index (χ0v) is 11.6. The van der Waals surface area contributed by atoms with E-state index in [-0.39, 0.29) is 0 Å². The zero-order chi connectivity index (χ0) is 13.0. The molecule has 0 aliphatic carbocycles. The lowest BCUT2D eigenvalue weighted by Crippen LogP contribution is -2.02. The highest BCUT2D eigenvalue weighted by atomic mass is 79.9. The zero-order valence-electron chi connectivity index (χ0n) is 10.1. The molecule has 0 aromatic carbocycles. The molecule has 2 heterocycles. The van der Waals surface area contributed by atoms with Crippen LogP contribution in [0.2, 0.25) is 0 Å². The topological polar surface area (TPSA) is 67.6 Å². The largest absolute Gasteiger partial charge is 0.448 e. The molecule has 6 heteroatoms. The molecule has 0 unspecified atom stereocenters. The van der Waals surface area contributed by atoms with Gasteiger partial charge in [-0.1, -0.05) is 25.0 Å². The van der Waals surface area contributed by atoms with Crippen LogP contribution in [-0.4, -0.2) is 15.0 Å². The molecule has 0 N–H and O–H groups in total. The molecule has 0 saturated carbocycles. The van der Waals surface area contributed by atoms with E-state index in [1.54, 1.807) is 16.8 Å². The molecule has 2 aromatic heterocycles. The summed E-state index contributed by atoms with van der Waals surface area (Å²) in [7, 11) is 0. The summed E-state index contributed by atoms with van der Waals surface area (Å²) in [5.74, 6) is 0.611. The molecule has 0 aliphatic heterocycles. The number of hydrogen-bond acceptors (Lipinski definition) is 4. The summed E-state index contributed by atoms with van der Waals surface area (Å²) >= 11 is 3.25. The molecule has 18 heavy (non-hydrogen) atoms. The van der Waals surface area contributed by atoms with E-state index in [0.29, 0.717) is 21.8 Å². The Morgan fingerprint density at radius 1 is 1.44 bits per heavy atom. The number of aryl methyl sites for hydroxylation is 1. The van der Waals surface area contributed by atoms with Crippen molar-refractivity contribution in [2.75, 3.05) is 0 Å². The number of halogens is 1. The highest BCUT2D eigenvalue weighted by Gasteiger charge is 2.17. The standard InChI is InChI=1S/C12H13BrN4O/c1-2-3-4-7-17-12(9(8-14)15-16-17)10-5-6-11(13)18-10/h5-6H,2-4,7H2,1H3. The molecule has 0 saturated heterocycles. The third-order valence-electron chi connectivity index (χ3n) is 2.62. The van der Waals surface area contributed by atoms with Gasteiger partial charge in [-0.2, -0.15) is 5.26 Å². The van der Waals surface area contributed by atoms with Crippen LogP contribution in [0.25, 0.3) is 11.5 Å². The molecule has 0 radical (unpaired) electrons. The van der Waals surface area contributed by atoms with Crippen molar-refractivity contribution in [3.8, 4) is 17.5 Å². The Morgan fingerprint density at radius 3 is 2.89 bits per heavy atom. The van der Waals surface area contributed by atoms with Gasteiger partial charge in [-0.25, -0.2) is 4.68 Å². The fourth-order valence-corrected chi connectivity index (χ4v) is 2.05. The van der Waals surface area contributed by atoms with E-state index in [2.05, 4.69) is 33.2 Å². The summed E-state index contributed by atoms with van der Waals surface area (Å²) in [4.78, 5) is 0. The summed E-state index contributed by atoms with van der Waals surface area (Å²) in [6.07, 6.45) is 3.28. The van der Waals surface area contributed by atoms with Crippen molar-refractivity contribution in [1.82, 2.24) is 15.0 Å². The van der Waals surface area contributed by atoms with Crippen molar-refractivity contribution in [1.29, 1.82) is 5.26 Å². The smallest absolute Gasteiger partial charge is 0.193 e. The number of aromatic nitrogens is 3. The maximum absolute atomic E-state index is 9.05. The minimum atomic E-state index is 0.299. The van der Waals surface area contributed by atoms with E-state index in [1.165, 1.54) is 0 Å². The second kappa shape index (κ2) is 5.83. The van der Waals surface area contributed by atoms with Gasteiger partial charge >= 0.3 is 0 Å². The summed E-state index contributed by atoms with van der Waals surface area (Å²) in [5, 5.41) is 16.9. The molecule has 2 rings (SSSR count). The minimum Gasteiger partial charge on any atom is -0.448 e. The van der Waals surface area contributed by atoms with Crippen LogP contribution in [-0.2, 0) is 6.54 Å². The molecule has 2 aromatic rings. The van der Waals surface area contributed by atoms with Gasteiger partial charge in [-0.05, 0) is 34.5 Å². The lowest BCUT2D eigenvalue weighted by molar-refractivity contribution is 0.517. The Balaban J connectivity index is 2.31. The number of hydrogen-bond donors (Lipinski definition) is 0. The minimum absolute atomic E-state index is 0.299. The van der Waals surface area contributed by atoms with Crippen LogP contribution in [0, 0.1) is 11.3 Å². The van der Waals surface area contributed by atoms with Crippen molar-refractivity contribution in [2.24, 2.45) is 0 Å². The van der Waals surface area contributed by atoms with Gasteiger partial charge in [0.05, 0.1) is 0 Å². The Morgan fingerprint density at radius 2 is 2.28 bits per heavy atom. The average molecular weight is 309 g/mol. The van der Waals surface area contributed by atoms with Gasteiger partial charge in [0, 0.05) is 6.54 Å². The summed E-state index contributed by atoms with van der Waals surface area (Å²) in [6, 6.07) is 5.64. The first kappa shape index (κ1) is 12.8. The third-order valence-corrected chi connectivity index (χ3v) is 3.05. The molecule has 0 amide bonds. The van der Waals surface area contributed by atoms with Gasteiger partial charge in [0.25, 0.3) is 0 Å². The molecule has 5 nitrogen and oxygen atoms in total. The Kier molecular flexibility index (Phi) is 4.15. The SMILES string of the molecule is CCCCCn1nnc(C#N)c1-c1ccc(Br)o1. The van der Waals surface area contributed by atoms with Gasteiger partial charge in [-0.15, -0.1) is 5.10 Å². The lowest BCUT2D eigenvalue weighted by atomic mass is 10.2. The van der Waals surface area contributed by atoms with E-state index < -0.39 is 0 Å². The van der Waals surface area contributed by atoms with Crippen molar-refractivity contribution in [3.05, 3.63) is 22.5 Å². The van der Waals surface area contributed by atoms with Crippen LogP contribution in [0.4, 0.5) is 0 Å². The van der Waals surface area contributed by atoms with Crippen molar-refractivity contribution in [3.63, 3.8) is 0 Å². The second-order valence-corrected chi connectivity index (χ2v) is 4.71. The molecule has 0 fully saturated rings. The van der Waals surface area contributed by atoms with Crippen LogP contribution in [0.1, 0.15) is 31.9 Å². The van der Waals surface area contributed by atoms with Gasteiger partial charge in [0.15, 0.2) is 16.1 Å². The molecule has 94 valence electrons. The van der Waals surface area contributed by atoms with Crippen molar-refractivity contribution < 1.29 is 4.42 Å². The number of furan rings is 1. The molecule has 0 bridgehead atoms. The van der Waals surface area contributed by atoms with Gasteiger partial charge in [-0.3, -0.25) is 0 Å². The number of unbranched alkanes of at least 4 members (excludes halogenated alkanes) is 2. The van der Waals surface area contributed by atoms with Gasteiger partial charge < -0.3 is 4.42 Å². The predicted octanol–water partition coefficient (Wildman–Crippen LogP) is 3.36. The summed E-state index contributed by atoms with van der Waals surface area (Å²) < 4.78 is 7.85. The fourth-order valence-electron chi connectivity index (χ4n) is 1.74. The number of nitriles is 1. The van der Waals surface area contributed by atoms with Crippen LogP contribution in [0.15, 0.2) is 21.2 Å². The number of rotatable bonds is 5. The normalized spacial score (nSPS) is 10.5. The van der Waals surface area contributed by atoms with E-state index in [9.17, 15) is 0 Å². The van der Waals surface area contributed by atoms with Gasteiger partial charge in [0.1, 0.15) is 11.8 Å². The Labute approximate surface area is 114 Å². The van der Waals surface area contributed by atoms with Crippen LogP contribution >= 0.6 is 15.9 Å². The molecular formula is C12H13BrN4O. The van der Waals surface area contributed by atoms with E-state index in [4.69, 9.17) is 9.68 Å². The van der Waals surface area contributed by atoms with Gasteiger partial charge in [0.2, 0.25) is 0 Å². The maximum Gasteiger partial charge on any atom is 0.193 e. The van der Waals surface area contributed by atoms with E-state index >= 15 is 0 Å². The Hall–Kier alpha value is -1.61. The van der Waals surface area contributed by atoms with Crippen LogP contribution in [0.3, 0.4) is 0 Å². The maximum atomic E-state index is 9.05. The summed E-state index contributed by atoms with van der Waals surface area (Å²) in [6.45, 7) is 2.89. The fraction of sp³-hybridized carbons (Fsp3) is 0.417. The highest BCUT2D eigenvalue weighted by molar-refractivity contribution is 9.10. The first-order valence-electron chi connectivity index (χ1n) is 5.85. The molecular weight excluding hydrogens is 296 g/mol. The Bertz CT molecular complexity index is 567. The lowest BCUT2D eigenvalue weighted by Gasteiger charge is -2.03. The van der Waals surface area contributed by atoms with Crippen LogP contribution in [0.5, 0.6) is 0 Å². The highest BCUT2D eigenvalue weighted by Crippen LogP contribution is 2.26. The quantitative estimate of drug-likeness (QED) is 0.794. The third kappa shape index (κ3) is 2.62. The van der Waals surface area contributed by atoms with E-state index in [1.807, 2.05) is 6.07 Å². The molecule has 0 aliphatic rings. The average Bonchev–Trinajstić information content (AvgIpc) is 2.95. The molecule has 0 atom stereocenters. The summed E-state index contributed by atoms with van der Waals surface area (Å²) in [5.41, 5.74) is 0.952. The predicted molar refractivity (Wildman–Crippen MR) is 69.7 cm³/mol. The van der Waals surface area contributed by atoms with E-state index in [0.717, 1.165) is 25.8 Å². The van der Waals surface area contributed by atoms with Crippen molar-refractivity contribution >= 4 is 15.9 Å². The van der Waals surface area contributed by atoms with Crippen molar-refractivity contribution in [2.45, 2.75) is 32.7 Å². The van der Waals surface area contributed by atoms with Crippen LogP contribution < -0.4 is 0 Å². The monoisotopic (exact) mass is 308 g/mol. The first-order valence-corrected chi connectivity index (χ1v) is 6.65. The first-order chi connectivity index (χ1) is 8.76. The second-order valence-electron chi connectivity index (χ2n) is 3.93. The molecule has 0 spiro atoms.